The zero-order chi connectivity index (χ0) is 17.5. The minimum Gasteiger partial charge on any atom is -0.355 e. The molecular weight excluding hydrogens is 308 g/mol. The van der Waals surface area contributed by atoms with Gasteiger partial charge in [-0.3, -0.25) is 14.1 Å². The van der Waals surface area contributed by atoms with E-state index >= 15 is 0 Å². The summed E-state index contributed by atoms with van der Waals surface area (Å²) in [6.07, 6.45) is 2.23. The van der Waals surface area contributed by atoms with E-state index in [1.807, 2.05) is 20.8 Å². The van der Waals surface area contributed by atoms with E-state index in [0.717, 1.165) is 38.4 Å². The van der Waals surface area contributed by atoms with Gasteiger partial charge in [-0.1, -0.05) is 12.2 Å². The molecule has 1 aliphatic heterocycles. The summed E-state index contributed by atoms with van der Waals surface area (Å²) in [7, 11) is 0.951. The van der Waals surface area contributed by atoms with Crippen molar-refractivity contribution < 1.29 is 4.21 Å². The van der Waals surface area contributed by atoms with Gasteiger partial charge in [-0.25, -0.2) is 0 Å². The summed E-state index contributed by atoms with van der Waals surface area (Å²) in [6.45, 7) is 16.0. The topological polar surface area (TPSA) is 56.7 Å². The summed E-state index contributed by atoms with van der Waals surface area (Å²) in [5.74, 6) is 1.45. The minimum absolute atomic E-state index is 0.158. The molecule has 1 heterocycles. The fourth-order valence-corrected chi connectivity index (χ4v) is 3.47. The van der Waals surface area contributed by atoms with Gasteiger partial charge in [0.2, 0.25) is 0 Å². The summed E-state index contributed by atoms with van der Waals surface area (Å²) in [6, 6.07) is 0.454. The van der Waals surface area contributed by atoms with Gasteiger partial charge >= 0.3 is 0 Å². The van der Waals surface area contributed by atoms with Crippen LogP contribution in [-0.2, 0) is 10.8 Å². The van der Waals surface area contributed by atoms with E-state index in [2.05, 4.69) is 34.0 Å². The van der Waals surface area contributed by atoms with Gasteiger partial charge in [-0.05, 0) is 40.5 Å². The molecule has 1 rings (SSSR count). The zero-order valence-corrected chi connectivity index (χ0v) is 16.3. The quantitative estimate of drug-likeness (QED) is 0.439. The second-order valence-electron chi connectivity index (χ2n) is 7.31. The third-order valence-corrected chi connectivity index (χ3v) is 5.85. The van der Waals surface area contributed by atoms with Crippen LogP contribution in [0.3, 0.4) is 0 Å². The van der Waals surface area contributed by atoms with E-state index in [4.69, 9.17) is 0 Å². The van der Waals surface area contributed by atoms with Crippen molar-refractivity contribution in [3.8, 4) is 0 Å². The lowest BCUT2D eigenvalue weighted by Crippen LogP contribution is -2.49. The van der Waals surface area contributed by atoms with Gasteiger partial charge < -0.3 is 10.6 Å². The average molecular weight is 343 g/mol. The number of piperidine rings is 1. The molecule has 0 radical (unpaired) electrons. The number of hydrogen-bond acceptors (Lipinski definition) is 3. The zero-order valence-electron chi connectivity index (χ0n) is 15.4. The Balaban J connectivity index is 2.30. The van der Waals surface area contributed by atoms with E-state index in [1.165, 1.54) is 5.57 Å². The molecule has 0 saturated carbocycles. The van der Waals surface area contributed by atoms with Crippen molar-refractivity contribution in [2.24, 2.45) is 4.99 Å². The van der Waals surface area contributed by atoms with Gasteiger partial charge in [0.05, 0.1) is 0 Å². The van der Waals surface area contributed by atoms with E-state index in [9.17, 15) is 4.21 Å². The molecule has 0 aliphatic carbocycles. The predicted molar refractivity (Wildman–Crippen MR) is 102 cm³/mol. The fourth-order valence-electron chi connectivity index (χ4n) is 2.57. The van der Waals surface area contributed by atoms with Gasteiger partial charge in [0, 0.05) is 60.6 Å². The molecule has 0 aromatic heterocycles. The monoisotopic (exact) mass is 342 g/mol. The fraction of sp³-hybridized carbons (Fsp3) is 0.824. The summed E-state index contributed by atoms with van der Waals surface area (Å²) in [5.41, 5.74) is 1.22. The van der Waals surface area contributed by atoms with Gasteiger partial charge in [0.15, 0.2) is 5.96 Å². The first kappa shape index (κ1) is 20.2. The van der Waals surface area contributed by atoms with Crippen LogP contribution in [0.5, 0.6) is 0 Å². The normalized spacial score (nSPS) is 19.4. The highest BCUT2D eigenvalue weighted by atomic mass is 32.2. The van der Waals surface area contributed by atoms with E-state index in [0.29, 0.717) is 18.3 Å². The molecular formula is C17H34N4OS. The summed E-state index contributed by atoms with van der Waals surface area (Å²) >= 11 is 0. The molecule has 1 fully saturated rings. The summed E-state index contributed by atoms with van der Waals surface area (Å²) < 4.78 is 11.9. The van der Waals surface area contributed by atoms with Crippen molar-refractivity contribution >= 4 is 16.8 Å². The second-order valence-corrected chi connectivity index (χ2v) is 9.64. The number of guanidine groups is 1. The largest absolute Gasteiger partial charge is 0.355 e. The van der Waals surface area contributed by atoms with Crippen LogP contribution in [0, 0.1) is 0 Å². The number of nitrogens with one attached hydrogen (secondary N) is 2. The molecule has 0 aromatic rings. The van der Waals surface area contributed by atoms with Crippen LogP contribution in [0.25, 0.3) is 0 Å². The highest BCUT2D eigenvalue weighted by Crippen LogP contribution is 2.12. The first-order chi connectivity index (χ1) is 10.7. The van der Waals surface area contributed by atoms with Crippen LogP contribution in [0.4, 0.5) is 0 Å². The first-order valence-corrected chi connectivity index (χ1v) is 9.76. The predicted octanol–water partition coefficient (Wildman–Crippen LogP) is 1.74. The lowest BCUT2D eigenvalue weighted by atomic mass is 10.0. The number of likely N-dealkylation sites (tertiary alicyclic amines) is 1. The molecule has 5 nitrogen and oxygen atoms in total. The molecule has 23 heavy (non-hydrogen) atoms. The Kier molecular flexibility index (Phi) is 8.26. The maximum Gasteiger partial charge on any atom is 0.191 e. The maximum absolute atomic E-state index is 12.0. The second kappa shape index (κ2) is 9.42. The van der Waals surface area contributed by atoms with E-state index in [-0.39, 0.29) is 4.75 Å². The molecule has 2 N–H and O–H groups in total. The average Bonchev–Trinajstić information content (AvgIpc) is 2.46. The van der Waals surface area contributed by atoms with Gasteiger partial charge in [0.1, 0.15) is 0 Å². The van der Waals surface area contributed by atoms with Crippen LogP contribution >= 0.6 is 0 Å². The Labute approximate surface area is 144 Å². The highest BCUT2D eigenvalue weighted by Gasteiger charge is 2.21. The minimum atomic E-state index is -0.833. The number of aliphatic imine (C=N–C) groups is 1. The highest BCUT2D eigenvalue weighted by molar-refractivity contribution is 7.86. The van der Waals surface area contributed by atoms with E-state index in [1.54, 1.807) is 7.05 Å². The smallest absolute Gasteiger partial charge is 0.191 e. The summed E-state index contributed by atoms with van der Waals surface area (Å²) in [5, 5.41) is 6.76. The maximum atomic E-state index is 12.0. The molecule has 1 aliphatic rings. The van der Waals surface area contributed by atoms with Crippen LogP contribution in [-0.4, -0.2) is 64.8 Å². The lowest BCUT2D eigenvalue weighted by Gasteiger charge is -2.33. The van der Waals surface area contributed by atoms with Gasteiger partial charge in [-0.2, -0.15) is 0 Å². The number of hydrogen-bond donors (Lipinski definition) is 2. The first-order valence-electron chi connectivity index (χ1n) is 8.44. The summed E-state index contributed by atoms with van der Waals surface area (Å²) in [4.78, 5) is 6.72. The third-order valence-electron chi connectivity index (χ3n) is 3.91. The van der Waals surface area contributed by atoms with Crippen molar-refractivity contribution in [3.63, 3.8) is 0 Å². The molecule has 0 spiro atoms. The number of nitrogens with zero attached hydrogens (tertiary/aromatic N) is 2. The van der Waals surface area contributed by atoms with Crippen molar-refractivity contribution in [2.75, 3.05) is 39.0 Å². The molecule has 0 aromatic carbocycles. The van der Waals surface area contributed by atoms with Crippen LogP contribution in [0.2, 0.25) is 0 Å². The SMILES string of the molecule is C=C(C)CN1CCC(NC(=NC)NCCS(=O)C(C)(C)C)CC1. The van der Waals surface area contributed by atoms with Crippen molar-refractivity contribution in [3.05, 3.63) is 12.2 Å². The lowest BCUT2D eigenvalue weighted by molar-refractivity contribution is 0.221. The molecule has 1 atom stereocenters. The van der Waals surface area contributed by atoms with Crippen molar-refractivity contribution in [1.29, 1.82) is 0 Å². The molecule has 0 amide bonds. The van der Waals surface area contributed by atoms with E-state index < -0.39 is 10.8 Å². The Morgan fingerprint density at radius 1 is 1.35 bits per heavy atom. The van der Waals surface area contributed by atoms with Crippen molar-refractivity contribution in [1.82, 2.24) is 15.5 Å². The van der Waals surface area contributed by atoms with Crippen LogP contribution < -0.4 is 10.6 Å². The van der Waals surface area contributed by atoms with Crippen LogP contribution in [0.1, 0.15) is 40.5 Å². The Bertz CT molecular complexity index is 434. The standard InChI is InChI=1S/C17H34N4OS/c1-14(2)13-21-10-7-15(8-11-21)20-16(18-6)19-9-12-23(22)17(3,4)5/h15H,1,7-13H2,2-6H3,(H2,18,19,20). The van der Waals surface area contributed by atoms with Crippen molar-refractivity contribution in [2.45, 2.75) is 51.3 Å². The molecule has 0 bridgehead atoms. The van der Waals surface area contributed by atoms with Crippen LogP contribution in [0.15, 0.2) is 17.1 Å². The third kappa shape index (κ3) is 7.97. The molecule has 1 unspecified atom stereocenters. The Hall–Kier alpha value is -0.880. The number of rotatable bonds is 6. The Morgan fingerprint density at radius 3 is 2.43 bits per heavy atom. The van der Waals surface area contributed by atoms with Gasteiger partial charge in [-0.15, -0.1) is 0 Å². The molecule has 6 heteroatoms. The Morgan fingerprint density at radius 2 is 1.96 bits per heavy atom. The molecule has 134 valence electrons. The van der Waals surface area contributed by atoms with Gasteiger partial charge in [0.25, 0.3) is 0 Å². The molecule has 1 saturated heterocycles.